The molecule has 1 aromatic heterocycles. The summed E-state index contributed by atoms with van der Waals surface area (Å²) in [6.07, 6.45) is -2.76. The second-order valence-electron chi connectivity index (χ2n) is 6.11. The van der Waals surface area contributed by atoms with Gasteiger partial charge in [-0.1, -0.05) is 36.4 Å². The summed E-state index contributed by atoms with van der Waals surface area (Å²) in [7, 11) is 0. The van der Waals surface area contributed by atoms with Crippen LogP contribution in [0.15, 0.2) is 66.9 Å². The van der Waals surface area contributed by atoms with E-state index in [1.807, 2.05) is 24.3 Å². The van der Waals surface area contributed by atoms with Gasteiger partial charge in [0.25, 0.3) is 5.91 Å². The standard InChI is InChI=1S/C21H16F4N2O/c22-19-13-16(10-12-26-19)15-7-5-14(6-8-15)9-11-27-20(28)17-3-1-2-4-18(17)21(23,24)25/h1-8,10,12-13H,9,11H2,(H,27,28). The van der Waals surface area contributed by atoms with Crippen molar-refractivity contribution in [3.63, 3.8) is 0 Å². The summed E-state index contributed by atoms with van der Waals surface area (Å²) in [6.45, 7) is 0.189. The molecule has 0 atom stereocenters. The van der Waals surface area contributed by atoms with E-state index in [4.69, 9.17) is 0 Å². The van der Waals surface area contributed by atoms with Crippen molar-refractivity contribution in [1.29, 1.82) is 0 Å². The zero-order chi connectivity index (χ0) is 20.1. The van der Waals surface area contributed by atoms with Crippen LogP contribution in [-0.2, 0) is 12.6 Å². The highest BCUT2D eigenvalue weighted by atomic mass is 19.4. The van der Waals surface area contributed by atoms with Crippen LogP contribution >= 0.6 is 0 Å². The Bertz CT molecular complexity index is 969. The zero-order valence-corrected chi connectivity index (χ0v) is 14.6. The number of hydrogen-bond donors (Lipinski definition) is 1. The fourth-order valence-corrected chi connectivity index (χ4v) is 2.79. The van der Waals surface area contributed by atoms with E-state index in [0.29, 0.717) is 12.0 Å². The topological polar surface area (TPSA) is 42.0 Å². The number of carbonyl (C=O) groups excluding carboxylic acids is 1. The minimum Gasteiger partial charge on any atom is -0.352 e. The van der Waals surface area contributed by atoms with E-state index in [2.05, 4.69) is 10.3 Å². The molecular weight excluding hydrogens is 372 g/mol. The molecule has 144 valence electrons. The number of nitrogens with zero attached hydrogens (tertiary/aromatic N) is 1. The number of halogens is 4. The van der Waals surface area contributed by atoms with Crippen LogP contribution in [0.3, 0.4) is 0 Å². The molecule has 0 bridgehead atoms. The van der Waals surface area contributed by atoms with E-state index >= 15 is 0 Å². The minimum absolute atomic E-state index is 0.189. The Morgan fingerprint density at radius 2 is 1.68 bits per heavy atom. The van der Waals surface area contributed by atoms with Crippen LogP contribution < -0.4 is 5.32 Å². The van der Waals surface area contributed by atoms with Crippen molar-refractivity contribution < 1.29 is 22.4 Å². The van der Waals surface area contributed by atoms with Gasteiger partial charge in [0.15, 0.2) is 0 Å². The number of aromatic nitrogens is 1. The van der Waals surface area contributed by atoms with Gasteiger partial charge >= 0.3 is 6.18 Å². The molecule has 0 aliphatic heterocycles. The van der Waals surface area contributed by atoms with Gasteiger partial charge in [-0.3, -0.25) is 4.79 Å². The SMILES string of the molecule is O=C(NCCc1ccc(-c2ccnc(F)c2)cc1)c1ccccc1C(F)(F)F. The Morgan fingerprint density at radius 1 is 0.964 bits per heavy atom. The van der Waals surface area contributed by atoms with Crippen molar-refractivity contribution >= 4 is 5.91 Å². The maximum atomic E-state index is 13.2. The second kappa shape index (κ2) is 8.21. The van der Waals surface area contributed by atoms with Gasteiger partial charge in [0, 0.05) is 18.8 Å². The van der Waals surface area contributed by atoms with Crippen LogP contribution in [-0.4, -0.2) is 17.4 Å². The highest BCUT2D eigenvalue weighted by Crippen LogP contribution is 2.31. The summed E-state index contributed by atoms with van der Waals surface area (Å²) < 4.78 is 52.2. The van der Waals surface area contributed by atoms with Gasteiger partial charge in [0.05, 0.1) is 11.1 Å². The second-order valence-corrected chi connectivity index (χ2v) is 6.11. The predicted molar refractivity (Wildman–Crippen MR) is 97.1 cm³/mol. The van der Waals surface area contributed by atoms with Crippen LogP contribution in [0.4, 0.5) is 17.6 Å². The van der Waals surface area contributed by atoms with Crippen molar-refractivity contribution in [3.05, 3.63) is 89.5 Å². The molecule has 0 fully saturated rings. The van der Waals surface area contributed by atoms with Gasteiger partial charge in [-0.15, -0.1) is 0 Å². The van der Waals surface area contributed by atoms with E-state index in [0.717, 1.165) is 23.3 Å². The molecule has 0 radical (unpaired) electrons. The minimum atomic E-state index is -4.59. The Balaban J connectivity index is 1.61. The van der Waals surface area contributed by atoms with Gasteiger partial charge < -0.3 is 5.32 Å². The van der Waals surface area contributed by atoms with Gasteiger partial charge in [0.2, 0.25) is 5.95 Å². The lowest BCUT2D eigenvalue weighted by atomic mass is 10.0. The molecule has 0 aliphatic carbocycles. The molecule has 0 spiro atoms. The molecule has 1 heterocycles. The Hall–Kier alpha value is -3.22. The molecule has 7 heteroatoms. The number of carbonyl (C=O) groups is 1. The fraction of sp³-hybridized carbons (Fsp3) is 0.143. The molecule has 1 amide bonds. The van der Waals surface area contributed by atoms with Crippen LogP contribution in [0.5, 0.6) is 0 Å². The number of benzene rings is 2. The average molecular weight is 388 g/mol. The lowest BCUT2D eigenvalue weighted by Crippen LogP contribution is -2.28. The number of amides is 1. The number of hydrogen-bond acceptors (Lipinski definition) is 2. The van der Waals surface area contributed by atoms with Crippen molar-refractivity contribution in [3.8, 4) is 11.1 Å². The normalized spacial score (nSPS) is 11.3. The van der Waals surface area contributed by atoms with E-state index in [1.54, 1.807) is 6.07 Å². The Morgan fingerprint density at radius 3 is 2.36 bits per heavy atom. The van der Waals surface area contributed by atoms with Crippen LogP contribution in [0.25, 0.3) is 11.1 Å². The average Bonchev–Trinajstić information content (AvgIpc) is 2.68. The third-order valence-electron chi connectivity index (χ3n) is 4.19. The first-order valence-corrected chi connectivity index (χ1v) is 8.50. The highest BCUT2D eigenvalue weighted by Gasteiger charge is 2.34. The molecule has 1 N–H and O–H groups in total. The van der Waals surface area contributed by atoms with Gasteiger partial charge in [-0.05, 0) is 41.3 Å². The van der Waals surface area contributed by atoms with Crippen LogP contribution in [0.1, 0.15) is 21.5 Å². The number of alkyl halides is 3. The molecular formula is C21H16F4N2O. The molecule has 2 aromatic carbocycles. The highest BCUT2D eigenvalue weighted by molar-refractivity contribution is 5.95. The first-order valence-electron chi connectivity index (χ1n) is 8.50. The summed E-state index contributed by atoms with van der Waals surface area (Å²) in [4.78, 5) is 15.6. The van der Waals surface area contributed by atoms with E-state index in [-0.39, 0.29) is 6.54 Å². The largest absolute Gasteiger partial charge is 0.417 e. The summed E-state index contributed by atoms with van der Waals surface area (Å²) in [5.41, 5.74) is 1.04. The smallest absolute Gasteiger partial charge is 0.352 e. The quantitative estimate of drug-likeness (QED) is 0.500. The number of nitrogens with one attached hydrogen (secondary N) is 1. The van der Waals surface area contributed by atoms with Gasteiger partial charge in [0.1, 0.15) is 0 Å². The predicted octanol–water partition coefficient (Wildman–Crippen LogP) is 4.88. The van der Waals surface area contributed by atoms with E-state index in [1.165, 1.54) is 24.4 Å². The fourth-order valence-electron chi connectivity index (χ4n) is 2.79. The van der Waals surface area contributed by atoms with Crippen molar-refractivity contribution in [2.75, 3.05) is 6.54 Å². The molecule has 0 saturated carbocycles. The van der Waals surface area contributed by atoms with Gasteiger partial charge in [-0.2, -0.15) is 17.6 Å². The number of rotatable bonds is 5. The lowest BCUT2D eigenvalue weighted by Gasteiger charge is -2.12. The molecule has 3 rings (SSSR count). The third kappa shape index (κ3) is 4.73. The van der Waals surface area contributed by atoms with Crippen LogP contribution in [0, 0.1) is 5.95 Å². The summed E-state index contributed by atoms with van der Waals surface area (Å²) >= 11 is 0. The number of pyridine rings is 1. The third-order valence-corrected chi connectivity index (χ3v) is 4.19. The van der Waals surface area contributed by atoms with E-state index < -0.39 is 29.2 Å². The lowest BCUT2D eigenvalue weighted by molar-refractivity contribution is -0.137. The Kier molecular flexibility index (Phi) is 5.73. The molecule has 28 heavy (non-hydrogen) atoms. The molecule has 3 nitrogen and oxygen atoms in total. The molecule has 3 aromatic rings. The van der Waals surface area contributed by atoms with Gasteiger partial charge in [-0.25, -0.2) is 4.98 Å². The van der Waals surface area contributed by atoms with Crippen molar-refractivity contribution in [2.45, 2.75) is 12.6 Å². The van der Waals surface area contributed by atoms with Crippen molar-refractivity contribution in [2.24, 2.45) is 0 Å². The molecule has 0 unspecified atom stereocenters. The maximum Gasteiger partial charge on any atom is 0.417 e. The first-order chi connectivity index (χ1) is 13.3. The maximum absolute atomic E-state index is 13.2. The summed E-state index contributed by atoms with van der Waals surface area (Å²) in [5.74, 6) is -1.33. The van der Waals surface area contributed by atoms with Crippen LogP contribution in [0.2, 0.25) is 0 Å². The molecule has 0 aliphatic rings. The first kappa shape index (κ1) is 19.5. The Labute approximate surface area is 159 Å². The monoisotopic (exact) mass is 388 g/mol. The van der Waals surface area contributed by atoms with E-state index in [9.17, 15) is 22.4 Å². The summed E-state index contributed by atoms with van der Waals surface area (Å²) in [6, 6.07) is 15.0. The summed E-state index contributed by atoms with van der Waals surface area (Å²) in [5, 5.41) is 2.52. The zero-order valence-electron chi connectivity index (χ0n) is 14.6. The van der Waals surface area contributed by atoms with Crippen molar-refractivity contribution in [1.82, 2.24) is 10.3 Å². The molecule has 0 saturated heterocycles.